The van der Waals surface area contributed by atoms with Gasteiger partial charge in [0.25, 0.3) is 5.91 Å². The minimum Gasteiger partial charge on any atom is -0.468 e. The highest BCUT2D eigenvalue weighted by atomic mass is 19.4. The molecule has 5 rings (SSSR count). The van der Waals surface area contributed by atoms with Crippen LogP contribution in [0, 0.1) is 17.3 Å². The fourth-order valence-electron chi connectivity index (χ4n) is 6.16. The van der Waals surface area contributed by atoms with Crippen LogP contribution in [-0.2, 0) is 27.3 Å². The largest absolute Gasteiger partial charge is 0.468 e. The van der Waals surface area contributed by atoms with Gasteiger partial charge in [-0.05, 0) is 55.7 Å². The Balaban J connectivity index is 1.45. The Morgan fingerprint density at radius 3 is 2.62 bits per heavy atom. The van der Waals surface area contributed by atoms with Crippen molar-refractivity contribution in [1.29, 1.82) is 0 Å². The van der Waals surface area contributed by atoms with Crippen LogP contribution < -0.4 is 10.6 Å². The maximum atomic E-state index is 13.4. The SMILES string of the molecule is CCn1nccc1C(=O)N[C@H](c1cn2ncc(CC3(C(=O)OC)C[C@@H](C(F)(F)F)NC3=O)cc2n1)C1CCC(C)CC1. The Labute approximate surface area is 240 Å². The van der Waals surface area contributed by atoms with Crippen LogP contribution in [0.3, 0.4) is 0 Å². The zero-order valence-electron chi connectivity index (χ0n) is 23.6. The van der Waals surface area contributed by atoms with Crippen LogP contribution in [0.5, 0.6) is 0 Å². The molecular formula is C28H34F3N7O4. The van der Waals surface area contributed by atoms with Crippen molar-refractivity contribution in [3.63, 3.8) is 0 Å². The summed E-state index contributed by atoms with van der Waals surface area (Å²) in [4.78, 5) is 43.5. The molecule has 11 nitrogen and oxygen atoms in total. The Morgan fingerprint density at radius 2 is 1.98 bits per heavy atom. The molecule has 1 aliphatic heterocycles. The quantitative estimate of drug-likeness (QED) is 0.304. The minimum atomic E-state index is -4.71. The second-order valence-corrected chi connectivity index (χ2v) is 11.4. The Hall–Kier alpha value is -3.97. The minimum absolute atomic E-state index is 0.136. The smallest absolute Gasteiger partial charge is 0.408 e. The number of alkyl halides is 3. The maximum Gasteiger partial charge on any atom is 0.408 e. The number of hydrogen-bond donors (Lipinski definition) is 2. The lowest BCUT2D eigenvalue weighted by Crippen LogP contribution is -2.42. The number of hydrogen-bond acceptors (Lipinski definition) is 7. The fourth-order valence-corrected chi connectivity index (χ4v) is 6.16. The third kappa shape index (κ3) is 5.58. The first-order valence-electron chi connectivity index (χ1n) is 14.1. The average Bonchev–Trinajstić information content (AvgIpc) is 3.69. The van der Waals surface area contributed by atoms with E-state index in [1.165, 1.54) is 10.7 Å². The lowest BCUT2D eigenvalue weighted by molar-refractivity contribution is -0.159. The number of nitrogens with one attached hydrogen (secondary N) is 2. The molecule has 1 unspecified atom stereocenters. The molecule has 3 aromatic heterocycles. The summed E-state index contributed by atoms with van der Waals surface area (Å²) in [5, 5.41) is 13.6. The van der Waals surface area contributed by atoms with Crippen molar-refractivity contribution in [2.45, 2.75) is 77.2 Å². The van der Waals surface area contributed by atoms with Gasteiger partial charge in [0.2, 0.25) is 5.91 Å². The second-order valence-electron chi connectivity index (χ2n) is 11.4. The van der Waals surface area contributed by atoms with Crippen molar-refractivity contribution in [2.75, 3.05) is 7.11 Å². The van der Waals surface area contributed by atoms with Gasteiger partial charge in [-0.25, -0.2) is 9.50 Å². The van der Waals surface area contributed by atoms with E-state index in [0.717, 1.165) is 32.8 Å². The Morgan fingerprint density at radius 1 is 1.24 bits per heavy atom. The van der Waals surface area contributed by atoms with Gasteiger partial charge >= 0.3 is 12.1 Å². The lowest BCUT2D eigenvalue weighted by atomic mass is 9.78. The predicted molar refractivity (Wildman–Crippen MR) is 143 cm³/mol. The predicted octanol–water partition coefficient (Wildman–Crippen LogP) is 3.40. The zero-order valence-corrected chi connectivity index (χ0v) is 23.6. The molecule has 42 heavy (non-hydrogen) atoms. The molecule has 2 amide bonds. The number of nitrogens with zero attached hydrogens (tertiary/aromatic N) is 5. The topological polar surface area (TPSA) is 133 Å². The van der Waals surface area contributed by atoms with E-state index in [2.05, 4.69) is 22.4 Å². The maximum absolute atomic E-state index is 13.4. The molecule has 14 heteroatoms. The van der Waals surface area contributed by atoms with E-state index in [-0.39, 0.29) is 18.2 Å². The molecule has 0 bridgehead atoms. The number of carbonyl (C=O) groups excluding carboxylic acids is 3. The summed E-state index contributed by atoms with van der Waals surface area (Å²) < 4.78 is 48.2. The molecule has 2 aliphatic rings. The molecule has 2 N–H and O–H groups in total. The van der Waals surface area contributed by atoms with E-state index in [0.29, 0.717) is 35.1 Å². The van der Waals surface area contributed by atoms with E-state index in [4.69, 9.17) is 9.72 Å². The number of rotatable bonds is 8. The van der Waals surface area contributed by atoms with E-state index in [1.807, 2.05) is 12.2 Å². The molecule has 2 fully saturated rings. The molecule has 1 saturated carbocycles. The molecule has 0 spiro atoms. The van der Waals surface area contributed by atoms with E-state index >= 15 is 0 Å². The third-order valence-corrected chi connectivity index (χ3v) is 8.55. The van der Waals surface area contributed by atoms with Crippen molar-refractivity contribution in [1.82, 2.24) is 35.0 Å². The van der Waals surface area contributed by atoms with Gasteiger partial charge in [-0.2, -0.15) is 23.4 Å². The monoisotopic (exact) mass is 589 g/mol. The van der Waals surface area contributed by atoms with Crippen molar-refractivity contribution >= 4 is 23.4 Å². The van der Waals surface area contributed by atoms with Crippen molar-refractivity contribution < 1.29 is 32.3 Å². The summed E-state index contributed by atoms with van der Waals surface area (Å²) in [7, 11) is 1.04. The summed E-state index contributed by atoms with van der Waals surface area (Å²) in [6, 6.07) is 0.676. The number of halogens is 3. The van der Waals surface area contributed by atoms with Gasteiger partial charge in [-0.3, -0.25) is 19.1 Å². The zero-order chi connectivity index (χ0) is 30.2. The number of fused-ring (bicyclic) bond motifs is 1. The number of methoxy groups -OCH3 is 1. The molecule has 0 radical (unpaired) electrons. The second kappa shape index (κ2) is 11.4. The third-order valence-electron chi connectivity index (χ3n) is 8.55. The van der Waals surface area contributed by atoms with Gasteiger partial charge in [0, 0.05) is 19.2 Å². The summed E-state index contributed by atoms with van der Waals surface area (Å²) >= 11 is 0. The van der Waals surface area contributed by atoms with Crippen LogP contribution in [0.25, 0.3) is 5.65 Å². The number of amides is 2. The molecule has 4 heterocycles. The average molecular weight is 590 g/mol. The number of imidazole rings is 1. The van der Waals surface area contributed by atoms with Crippen LogP contribution in [0.1, 0.15) is 73.7 Å². The first kappa shape index (κ1) is 29.5. The van der Waals surface area contributed by atoms with Crippen molar-refractivity contribution in [2.24, 2.45) is 17.3 Å². The first-order valence-corrected chi connectivity index (χ1v) is 14.1. The molecule has 226 valence electrons. The van der Waals surface area contributed by atoms with Gasteiger partial charge < -0.3 is 15.4 Å². The molecule has 3 atom stereocenters. The Kier molecular flexibility index (Phi) is 7.99. The van der Waals surface area contributed by atoms with E-state index in [1.54, 1.807) is 29.2 Å². The summed E-state index contributed by atoms with van der Waals surface area (Å²) in [5.74, 6) is -1.62. The van der Waals surface area contributed by atoms with Crippen LogP contribution in [-0.4, -0.2) is 61.5 Å². The van der Waals surface area contributed by atoms with Gasteiger partial charge in [0.1, 0.15) is 11.7 Å². The molecular weight excluding hydrogens is 555 g/mol. The molecule has 3 aromatic rings. The van der Waals surface area contributed by atoms with Crippen molar-refractivity contribution in [3.05, 3.63) is 47.7 Å². The highest BCUT2D eigenvalue weighted by molar-refractivity contribution is 6.04. The van der Waals surface area contributed by atoms with Crippen LogP contribution >= 0.6 is 0 Å². The lowest BCUT2D eigenvalue weighted by Gasteiger charge is -2.32. The summed E-state index contributed by atoms with van der Waals surface area (Å²) in [6.45, 7) is 4.65. The summed E-state index contributed by atoms with van der Waals surface area (Å²) in [6.07, 6.45) is 2.72. The van der Waals surface area contributed by atoms with E-state index in [9.17, 15) is 27.6 Å². The first-order chi connectivity index (χ1) is 19.9. The standard InChI is InChI=1S/C28H34F3N7O4/c1-4-37-20(9-10-32-37)24(39)36-23(18-7-5-16(2)6-8-18)19-15-38-22(34-19)11-17(14-33-38)12-27(26(41)42-3)13-21(28(29,30)31)35-25(27)40/h9-11,14-16,18,21,23H,4-8,12-13H2,1-3H3,(H,35,40)(H,36,39)/t16?,18?,21-,23-,27?/m0/s1. The number of esters is 1. The highest BCUT2D eigenvalue weighted by Crippen LogP contribution is 2.41. The fraction of sp³-hybridized carbons (Fsp3) is 0.571. The van der Waals surface area contributed by atoms with Crippen molar-refractivity contribution in [3.8, 4) is 0 Å². The van der Waals surface area contributed by atoms with Crippen LogP contribution in [0.2, 0.25) is 0 Å². The molecule has 1 aliphatic carbocycles. The number of ether oxygens (including phenoxy) is 1. The van der Waals surface area contributed by atoms with Gasteiger partial charge in [0.05, 0.1) is 31.2 Å². The van der Waals surface area contributed by atoms with Gasteiger partial charge in [-0.15, -0.1) is 0 Å². The number of aryl methyl sites for hydroxylation is 1. The molecule has 1 saturated heterocycles. The summed E-state index contributed by atoms with van der Waals surface area (Å²) in [5.41, 5.74) is -0.302. The van der Waals surface area contributed by atoms with E-state index < -0.39 is 42.0 Å². The van der Waals surface area contributed by atoms with Gasteiger partial charge in [0.15, 0.2) is 11.1 Å². The van der Waals surface area contributed by atoms with Crippen LogP contribution in [0.15, 0.2) is 30.7 Å². The number of aromatic nitrogens is 5. The van der Waals surface area contributed by atoms with Gasteiger partial charge in [-0.1, -0.05) is 19.8 Å². The normalized spacial score (nSPS) is 25.3. The van der Waals surface area contributed by atoms with Crippen LogP contribution in [0.4, 0.5) is 13.2 Å². The Bertz CT molecular complexity index is 1480. The highest BCUT2D eigenvalue weighted by Gasteiger charge is 2.60. The molecule has 0 aromatic carbocycles. The number of carbonyl (C=O) groups is 3.